The summed E-state index contributed by atoms with van der Waals surface area (Å²) in [7, 11) is 0. The number of phenolic OH excluding ortho intramolecular Hbond substituents is 1. The Hall–Kier alpha value is -4.37. The molecule has 4 aliphatic heterocycles. The van der Waals surface area contributed by atoms with Gasteiger partial charge in [0.2, 0.25) is 11.8 Å². The number of benzene rings is 3. The summed E-state index contributed by atoms with van der Waals surface area (Å²) in [5.41, 5.74) is 8.33. The van der Waals surface area contributed by atoms with E-state index in [0.717, 1.165) is 69.4 Å². The average molecular weight is 716 g/mol. The summed E-state index contributed by atoms with van der Waals surface area (Å²) in [5.74, 6) is 2.28. The van der Waals surface area contributed by atoms with E-state index in [1.54, 1.807) is 4.90 Å². The van der Waals surface area contributed by atoms with Gasteiger partial charge in [0.25, 0.3) is 5.91 Å². The lowest BCUT2D eigenvalue weighted by Crippen LogP contribution is -2.52. The SMILES string of the molecule is O=C1CCC(N2Cc3cc(N4CCN(CC5CCN(c6ccc(C7c8ccc(O)cc8CCC7C7CCCC7)cc6)CC5)CC4)ccc3C2=O)C(=O)N1. The highest BCUT2D eigenvalue weighted by atomic mass is 16.3. The van der Waals surface area contributed by atoms with Crippen molar-refractivity contribution in [1.82, 2.24) is 15.1 Å². The van der Waals surface area contributed by atoms with Gasteiger partial charge < -0.3 is 19.8 Å². The number of piperidine rings is 2. The molecular formula is C44H53N5O4. The van der Waals surface area contributed by atoms with Gasteiger partial charge in [0, 0.05) is 81.6 Å². The Balaban J connectivity index is 0.771. The zero-order chi connectivity index (χ0) is 36.1. The smallest absolute Gasteiger partial charge is 0.255 e. The number of piperazine rings is 1. The maximum atomic E-state index is 13.1. The lowest BCUT2D eigenvalue weighted by molar-refractivity contribution is -0.136. The van der Waals surface area contributed by atoms with Gasteiger partial charge in [-0.3, -0.25) is 24.6 Å². The van der Waals surface area contributed by atoms with E-state index >= 15 is 0 Å². The molecule has 9 nitrogen and oxygen atoms in total. The summed E-state index contributed by atoms with van der Waals surface area (Å²) in [6.45, 7) is 7.76. The Labute approximate surface area is 313 Å². The molecule has 3 saturated heterocycles. The number of fused-ring (bicyclic) bond motifs is 2. The van der Waals surface area contributed by atoms with Crippen LogP contribution in [0.15, 0.2) is 60.7 Å². The van der Waals surface area contributed by atoms with Crippen LogP contribution in [0.2, 0.25) is 0 Å². The second-order valence-corrected chi connectivity index (χ2v) is 16.7. The Morgan fingerprint density at radius 1 is 0.698 bits per heavy atom. The molecule has 0 aromatic heterocycles. The second-order valence-electron chi connectivity index (χ2n) is 16.7. The van der Waals surface area contributed by atoms with Crippen molar-refractivity contribution in [2.75, 3.05) is 55.6 Å². The van der Waals surface area contributed by atoms with Gasteiger partial charge in [-0.1, -0.05) is 43.9 Å². The van der Waals surface area contributed by atoms with Crippen LogP contribution in [0, 0.1) is 17.8 Å². The molecule has 3 aromatic carbocycles. The molecule has 278 valence electrons. The molecule has 1 saturated carbocycles. The van der Waals surface area contributed by atoms with Gasteiger partial charge in [-0.2, -0.15) is 0 Å². The molecule has 4 fully saturated rings. The number of aryl methyl sites for hydroxylation is 1. The van der Waals surface area contributed by atoms with E-state index in [1.807, 2.05) is 18.2 Å². The summed E-state index contributed by atoms with van der Waals surface area (Å²) in [5, 5.41) is 12.6. The van der Waals surface area contributed by atoms with Crippen LogP contribution in [0.1, 0.15) is 96.3 Å². The van der Waals surface area contributed by atoms with E-state index in [2.05, 4.69) is 62.5 Å². The van der Waals surface area contributed by atoms with Crippen LogP contribution in [0.25, 0.3) is 0 Å². The van der Waals surface area contributed by atoms with Crippen LogP contribution in [-0.4, -0.2) is 84.5 Å². The Morgan fingerprint density at radius 2 is 1.43 bits per heavy atom. The highest BCUT2D eigenvalue weighted by Crippen LogP contribution is 2.49. The summed E-state index contributed by atoms with van der Waals surface area (Å²) in [6, 6.07) is 21.2. The van der Waals surface area contributed by atoms with E-state index in [-0.39, 0.29) is 24.1 Å². The van der Waals surface area contributed by atoms with Crippen molar-refractivity contribution < 1.29 is 19.5 Å². The van der Waals surface area contributed by atoms with Crippen LogP contribution < -0.4 is 15.1 Å². The quantitative estimate of drug-likeness (QED) is 0.287. The molecular weight excluding hydrogens is 663 g/mol. The number of nitrogens with one attached hydrogen (secondary N) is 1. The number of aromatic hydroxyl groups is 1. The molecule has 6 aliphatic rings. The van der Waals surface area contributed by atoms with Gasteiger partial charge in [-0.25, -0.2) is 0 Å². The fourth-order valence-corrected chi connectivity index (χ4v) is 10.7. The fourth-order valence-electron chi connectivity index (χ4n) is 10.7. The predicted molar refractivity (Wildman–Crippen MR) is 206 cm³/mol. The Bertz CT molecular complexity index is 1860. The molecule has 3 unspecified atom stereocenters. The molecule has 0 spiro atoms. The standard InChI is InChI=1S/C44H53N5O4/c50-36-11-14-38-32(26-36)7-12-37(30-3-1-2-4-30)42(38)31-5-8-34(9-6-31)47-19-17-29(18-20-47)27-46-21-23-48(24-22-46)35-10-13-39-33(25-35)28-49(44(39)53)40-15-16-41(51)45-43(40)52/h5-6,8-11,13-14,25-26,29-30,37,40,42,50H,1-4,7,12,15-24,27-28H2,(H,45,51,52). The number of imide groups is 1. The van der Waals surface area contributed by atoms with Gasteiger partial charge in [-0.05, 0) is 115 Å². The predicted octanol–water partition coefficient (Wildman–Crippen LogP) is 6.08. The first-order chi connectivity index (χ1) is 25.9. The van der Waals surface area contributed by atoms with Crippen LogP contribution >= 0.6 is 0 Å². The molecule has 9 rings (SSSR count). The molecule has 0 bridgehead atoms. The molecule has 0 radical (unpaired) electrons. The lowest BCUT2D eigenvalue weighted by Gasteiger charge is -2.40. The minimum atomic E-state index is -0.580. The summed E-state index contributed by atoms with van der Waals surface area (Å²) < 4.78 is 0. The van der Waals surface area contributed by atoms with Gasteiger partial charge in [-0.15, -0.1) is 0 Å². The van der Waals surface area contributed by atoms with Gasteiger partial charge in [0.1, 0.15) is 11.8 Å². The number of carbonyl (C=O) groups excluding carboxylic acids is 3. The van der Waals surface area contributed by atoms with E-state index in [9.17, 15) is 19.5 Å². The number of nitrogens with zero attached hydrogens (tertiary/aromatic N) is 4. The largest absolute Gasteiger partial charge is 0.508 e. The summed E-state index contributed by atoms with van der Waals surface area (Å²) in [6.07, 6.45) is 10.9. The number of phenols is 1. The second kappa shape index (κ2) is 14.5. The molecule has 3 aromatic rings. The highest BCUT2D eigenvalue weighted by Gasteiger charge is 2.40. The van der Waals surface area contributed by atoms with Gasteiger partial charge in [0.15, 0.2) is 0 Å². The first kappa shape index (κ1) is 34.4. The van der Waals surface area contributed by atoms with Crippen LogP contribution in [0.5, 0.6) is 5.75 Å². The minimum absolute atomic E-state index is 0.116. The molecule has 4 heterocycles. The first-order valence-electron chi connectivity index (χ1n) is 20.3. The normalized spacial score (nSPS) is 25.8. The zero-order valence-electron chi connectivity index (χ0n) is 30.8. The average Bonchev–Trinajstić information content (AvgIpc) is 3.83. The van der Waals surface area contributed by atoms with Crippen molar-refractivity contribution in [3.63, 3.8) is 0 Å². The van der Waals surface area contributed by atoms with E-state index in [4.69, 9.17) is 0 Å². The third-order valence-electron chi connectivity index (χ3n) is 13.6. The molecule has 3 atom stereocenters. The van der Waals surface area contributed by atoms with Crippen molar-refractivity contribution in [3.8, 4) is 5.75 Å². The third kappa shape index (κ3) is 6.82. The van der Waals surface area contributed by atoms with E-state index in [1.165, 1.54) is 67.3 Å². The summed E-state index contributed by atoms with van der Waals surface area (Å²) >= 11 is 0. The molecule has 2 aliphatic carbocycles. The maximum Gasteiger partial charge on any atom is 0.255 e. The van der Waals surface area contributed by atoms with Gasteiger partial charge in [0.05, 0.1) is 0 Å². The Kier molecular flexibility index (Phi) is 9.39. The van der Waals surface area contributed by atoms with Crippen molar-refractivity contribution in [3.05, 3.63) is 88.5 Å². The topological polar surface area (TPSA) is 96.4 Å². The maximum absolute atomic E-state index is 13.1. The molecule has 53 heavy (non-hydrogen) atoms. The number of carbonyl (C=O) groups is 3. The van der Waals surface area contributed by atoms with Crippen molar-refractivity contribution >= 4 is 29.1 Å². The fraction of sp³-hybridized carbons (Fsp3) is 0.523. The zero-order valence-corrected chi connectivity index (χ0v) is 30.8. The number of hydrogen-bond donors (Lipinski definition) is 2. The van der Waals surface area contributed by atoms with Gasteiger partial charge >= 0.3 is 0 Å². The number of amides is 3. The lowest BCUT2D eigenvalue weighted by atomic mass is 9.66. The first-order valence-corrected chi connectivity index (χ1v) is 20.3. The van der Waals surface area contributed by atoms with Crippen molar-refractivity contribution in [2.24, 2.45) is 17.8 Å². The minimum Gasteiger partial charge on any atom is -0.508 e. The van der Waals surface area contributed by atoms with Crippen LogP contribution in [0.4, 0.5) is 11.4 Å². The van der Waals surface area contributed by atoms with Crippen LogP contribution in [-0.2, 0) is 22.6 Å². The number of hydrogen-bond acceptors (Lipinski definition) is 7. The molecule has 9 heteroatoms. The van der Waals surface area contributed by atoms with Crippen molar-refractivity contribution in [1.29, 1.82) is 0 Å². The highest BCUT2D eigenvalue weighted by molar-refractivity contribution is 6.05. The Morgan fingerprint density at radius 3 is 2.19 bits per heavy atom. The molecule has 3 amide bonds. The van der Waals surface area contributed by atoms with Crippen LogP contribution in [0.3, 0.4) is 0 Å². The van der Waals surface area contributed by atoms with E-state index < -0.39 is 6.04 Å². The molecule has 2 N–H and O–H groups in total. The summed E-state index contributed by atoms with van der Waals surface area (Å²) in [4.78, 5) is 46.5. The van der Waals surface area contributed by atoms with Crippen molar-refractivity contribution in [2.45, 2.75) is 82.7 Å². The number of anilines is 2. The monoisotopic (exact) mass is 715 g/mol. The third-order valence-corrected chi connectivity index (χ3v) is 13.6. The van der Waals surface area contributed by atoms with E-state index in [0.29, 0.717) is 42.0 Å². The number of rotatable bonds is 7.